The van der Waals surface area contributed by atoms with Crippen molar-refractivity contribution in [3.8, 4) is 0 Å². The molecule has 0 saturated heterocycles. The Morgan fingerprint density at radius 3 is 2.33 bits per heavy atom. The highest BCUT2D eigenvalue weighted by Gasteiger charge is 2.21. The number of esters is 1. The summed E-state index contributed by atoms with van der Waals surface area (Å²) in [5.74, 6) is -0.691. The van der Waals surface area contributed by atoms with Gasteiger partial charge in [-0.15, -0.1) is 0 Å². The first-order chi connectivity index (χ1) is 5.40. The molecule has 0 aliphatic rings. The van der Waals surface area contributed by atoms with Gasteiger partial charge in [0, 0.05) is 6.21 Å². The topological polar surface area (TPSA) is 50.2 Å². The number of carbonyl (C=O) groups is 1. The van der Waals surface area contributed by atoms with Gasteiger partial charge in [-0.05, 0) is 27.2 Å². The second kappa shape index (κ2) is 4.24. The lowest BCUT2D eigenvalue weighted by Gasteiger charge is -2.21. The lowest BCUT2D eigenvalue weighted by atomic mass is 10.1. The van der Waals surface area contributed by atoms with Crippen molar-refractivity contribution in [1.29, 1.82) is 5.41 Å². The Morgan fingerprint density at radius 1 is 1.58 bits per heavy atom. The van der Waals surface area contributed by atoms with E-state index in [0.717, 1.165) is 6.21 Å². The fraction of sp³-hybridized carbons (Fsp3) is 0.778. The van der Waals surface area contributed by atoms with Crippen LogP contribution in [0.5, 0.6) is 0 Å². The molecule has 3 nitrogen and oxygen atoms in total. The predicted molar refractivity (Wildman–Crippen MR) is 48.4 cm³/mol. The van der Waals surface area contributed by atoms with E-state index >= 15 is 0 Å². The Bertz CT molecular complexity index is 170. The number of ether oxygens (including phenoxy) is 1. The van der Waals surface area contributed by atoms with Gasteiger partial charge in [0.15, 0.2) is 0 Å². The van der Waals surface area contributed by atoms with E-state index in [0.29, 0.717) is 6.42 Å². The van der Waals surface area contributed by atoms with Crippen molar-refractivity contribution in [2.24, 2.45) is 5.92 Å². The quantitative estimate of drug-likeness (QED) is 0.521. The van der Waals surface area contributed by atoms with E-state index in [1.54, 1.807) is 0 Å². The molecule has 12 heavy (non-hydrogen) atoms. The summed E-state index contributed by atoms with van der Waals surface area (Å²) in [4.78, 5) is 11.2. The van der Waals surface area contributed by atoms with E-state index in [9.17, 15) is 4.79 Å². The maximum absolute atomic E-state index is 11.2. The van der Waals surface area contributed by atoms with Crippen LogP contribution in [0, 0.1) is 11.3 Å². The zero-order valence-corrected chi connectivity index (χ0v) is 8.18. The van der Waals surface area contributed by atoms with Gasteiger partial charge in [0.1, 0.15) is 5.60 Å². The highest BCUT2D eigenvalue weighted by molar-refractivity contribution is 5.88. The molecule has 0 spiro atoms. The molecule has 1 unspecified atom stereocenters. The van der Waals surface area contributed by atoms with Crippen molar-refractivity contribution in [2.75, 3.05) is 0 Å². The summed E-state index contributed by atoms with van der Waals surface area (Å²) >= 11 is 0. The Balaban J connectivity index is 4.11. The molecule has 0 aliphatic heterocycles. The average Bonchev–Trinajstić information content (AvgIpc) is 1.85. The summed E-state index contributed by atoms with van der Waals surface area (Å²) in [5.41, 5.74) is -0.451. The van der Waals surface area contributed by atoms with E-state index in [-0.39, 0.29) is 11.9 Å². The Morgan fingerprint density at radius 2 is 2.08 bits per heavy atom. The summed E-state index contributed by atoms with van der Waals surface area (Å²) in [5, 5.41) is 6.97. The average molecular weight is 171 g/mol. The molecule has 0 fully saturated rings. The standard InChI is InChI=1S/C9H17NO2/c1-5-7(6-10)8(11)12-9(2,3)4/h6-7,10H,5H2,1-4H3. The fourth-order valence-electron chi connectivity index (χ4n) is 0.730. The maximum Gasteiger partial charge on any atom is 0.314 e. The molecule has 0 heterocycles. The second-order valence-corrected chi connectivity index (χ2v) is 3.71. The van der Waals surface area contributed by atoms with Gasteiger partial charge in [0.25, 0.3) is 0 Å². The van der Waals surface area contributed by atoms with Crippen LogP contribution in [0.1, 0.15) is 34.1 Å². The van der Waals surface area contributed by atoms with Crippen LogP contribution in [0.4, 0.5) is 0 Å². The SMILES string of the molecule is CCC(C=N)C(=O)OC(C)(C)C. The molecule has 3 heteroatoms. The minimum absolute atomic E-state index is 0.306. The van der Waals surface area contributed by atoms with E-state index < -0.39 is 5.60 Å². The second-order valence-electron chi connectivity index (χ2n) is 3.71. The zero-order valence-electron chi connectivity index (χ0n) is 8.18. The molecule has 0 amide bonds. The Hall–Kier alpha value is -0.860. The van der Waals surface area contributed by atoms with Crippen LogP contribution >= 0.6 is 0 Å². The molecule has 0 aliphatic carbocycles. The monoisotopic (exact) mass is 171 g/mol. The van der Waals surface area contributed by atoms with Gasteiger partial charge in [-0.2, -0.15) is 0 Å². The fourth-order valence-corrected chi connectivity index (χ4v) is 0.730. The van der Waals surface area contributed by atoms with Crippen LogP contribution in [-0.4, -0.2) is 17.8 Å². The highest BCUT2D eigenvalue weighted by Crippen LogP contribution is 2.11. The van der Waals surface area contributed by atoms with Crippen molar-refractivity contribution in [3.05, 3.63) is 0 Å². The highest BCUT2D eigenvalue weighted by atomic mass is 16.6. The molecule has 0 aromatic heterocycles. The lowest BCUT2D eigenvalue weighted by molar-refractivity contribution is -0.157. The smallest absolute Gasteiger partial charge is 0.314 e. The first-order valence-electron chi connectivity index (χ1n) is 4.14. The molecule has 0 rings (SSSR count). The summed E-state index contributed by atoms with van der Waals surface area (Å²) in [6.45, 7) is 7.32. The molecule has 1 N–H and O–H groups in total. The number of rotatable bonds is 3. The van der Waals surface area contributed by atoms with Gasteiger partial charge in [-0.3, -0.25) is 4.79 Å². The third kappa shape index (κ3) is 4.11. The van der Waals surface area contributed by atoms with E-state index in [2.05, 4.69) is 0 Å². The Kier molecular flexibility index (Phi) is 3.93. The molecule has 1 atom stereocenters. The molecule has 0 radical (unpaired) electrons. The number of hydrogen-bond donors (Lipinski definition) is 1. The predicted octanol–water partition coefficient (Wildman–Crippen LogP) is 2.00. The molecule has 70 valence electrons. The summed E-state index contributed by atoms with van der Waals surface area (Å²) in [6.07, 6.45) is 1.76. The number of nitrogens with one attached hydrogen (secondary N) is 1. The maximum atomic E-state index is 11.2. The third-order valence-corrected chi connectivity index (χ3v) is 1.35. The van der Waals surface area contributed by atoms with Gasteiger partial charge in [0.2, 0.25) is 0 Å². The summed E-state index contributed by atoms with van der Waals surface area (Å²) in [6, 6.07) is 0. The molecule has 0 aromatic carbocycles. The van der Waals surface area contributed by atoms with Gasteiger partial charge >= 0.3 is 5.97 Å². The van der Waals surface area contributed by atoms with Crippen LogP contribution in [0.25, 0.3) is 0 Å². The van der Waals surface area contributed by atoms with Gasteiger partial charge in [-0.25, -0.2) is 0 Å². The third-order valence-electron chi connectivity index (χ3n) is 1.35. The minimum Gasteiger partial charge on any atom is -0.459 e. The van der Waals surface area contributed by atoms with Crippen molar-refractivity contribution >= 4 is 12.2 Å². The molecular weight excluding hydrogens is 154 g/mol. The molecular formula is C9H17NO2. The minimum atomic E-state index is -0.451. The van der Waals surface area contributed by atoms with Crippen LogP contribution in [-0.2, 0) is 9.53 Å². The van der Waals surface area contributed by atoms with Gasteiger partial charge < -0.3 is 10.1 Å². The number of hydrogen-bond acceptors (Lipinski definition) is 3. The van der Waals surface area contributed by atoms with Crippen molar-refractivity contribution < 1.29 is 9.53 Å². The van der Waals surface area contributed by atoms with E-state index in [1.165, 1.54) is 0 Å². The first kappa shape index (κ1) is 11.1. The zero-order chi connectivity index (χ0) is 9.78. The van der Waals surface area contributed by atoms with Crippen molar-refractivity contribution in [1.82, 2.24) is 0 Å². The van der Waals surface area contributed by atoms with E-state index in [4.69, 9.17) is 10.1 Å². The first-order valence-corrected chi connectivity index (χ1v) is 4.14. The van der Waals surface area contributed by atoms with Crippen LogP contribution < -0.4 is 0 Å². The van der Waals surface area contributed by atoms with E-state index in [1.807, 2.05) is 27.7 Å². The normalized spacial score (nSPS) is 13.7. The Labute approximate surface area is 73.6 Å². The lowest BCUT2D eigenvalue weighted by Crippen LogP contribution is -2.29. The van der Waals surface area contributed by atoms with Crippen molar-refractivity contribution in [2.45, 2.75) is 39.7 Å². The number of carbonyl (C=O) groups excluding carboxylic acids is 1. The summed E-state index contributed by atoms with van der Waals surface area (Å²) < 4.78 is 5.09. The van der Waals surface area contributed by atoms with Crippen LogP contribution in [0.2, 0.25) is 0 Å². The largest absolute Gasteiger partial charge is 0.459 e. The van der Waals surface area contributed by atoms with Crippen LogP contribution in [0.3, 0.4) is 0 Å². The van der Waals surface area contributed by atoms with Gasteiger partial charge in [-0.1, -0.05) is 6.92 Å². The summed E-state index contributed by atoms with van der Waals surface area (Å²) in [7, 11) is 0. The molecule has 0 saturated carbocycles. The molecule has 0 aromatic rings. The van der Waals surface area contributed by atoms with Crippen LogP contribution in [0.15, 0.2) is 0 Å². The van der Waals surface area contributed by atoms with Crippen molar-refractivity contribution in [3.63, 3.8) is 0 Å². The van der Waals surface area contributed by atoms with Gasteiger partial charge in [0.05, 0.1) is 5.92 Å². The molecule has 0 bridgehead atoms.